The van der Waals surface area contributed by atoms with Gasteiger partial charge in [-0.2, -0.15) is 0 Å². The van der Waals surface area contributed by atoms with E-state index in [0.717, 1.165) is 44.9 Å². The summed E-state index contributed by atoms with van der Waals surface area (Å²) in [5.41, 5.74) is 0. The summed E-state index contributed by atoms with van der Waals surface area (Å²) in [7, 11) is 0. The molecular formula is C60H117NO5. The Morgan fingerprint density at radius 1 is 0.424 bits per heavy atom. The van der Waals surface area contributed by atoms with Crippen molar-refractivity contribution >= 4 is 11.9 Å². The molecule has 392 valence electrons. The van der Waals surface area contributed by atoms with Crippen LogP contribution in [0, 0.1) is 0 Å². The number of rotatable bonds is 55. The molecule has 0 aliphatic carbocycles. The van der Waals surface area contributed by atoms with Crippen molar-refractivity contribution in [2.75, 3.05) is 6.61 Å². The van der Waals surface area contributed by atoms with Crippen LogP contribution in [0.3, 0.4) is 0 Å². The molecule has 0 fully saturated rings. The lowest BCUT2D eigenvalue weighted by molar-refractivity contribution is -0.151. The van der Waals surface area contributed by atoms with Gasteiger partial charge in [-0.15, -0.1) is 0 Å². The molecule has 0 aromatic carbocycles. The molecule has 0 radical (unpaired) electrons. The first-order chi connectivity index (χ1) is 32.5. The van der Waals surface area contributed by atoms with E-state index in [1.165, 1.54) is 244 Å². The lowest BCUT2D eigenvalue weighted by Crippen LogP contribution is -2.46. The number of esters is 1. The van der Waals surface area contributed by atoms with Gasteiger partial charge in [-0.25, -0.2) is 0 Å². The second kappa shape index (κ2) is 54.5. The molecule has 6 heteroatoms. The van der Waals surface area contributed by atoms with Gasteiger partial charge in [0.15, 0.2) is 0 Å². The Kier molecular flexibility index (Phi) is 53.4. The summed E-state index contributed by atoms with van der Waals surface area (Å²) in [5, 5.41) is 23.9. The van der Waals surface area contributed by atoms with Crippen LogP contribution in [0.25, 0.3) is 0 Å². The third-order valence-corrected chi connectivity index (χ3v) is 14.1. The van der Waals surface area contributed by atoms with Crippen LogP contribution in [-0.2, 0) is 14.3 Å². The van der Waals surface area contributed by atoms with Gasteiger partial charge in [0.1, 0.15) is 6.10 Å². The second-order valence-corrected chi connectivity index (χ2v) is 20.8. The molecule has 3 atom stereocenters. The molecule has 0 saturated heterocycles. The lowest BCUT2D eigenvalue weighted by atomic mass is 10.0. The maximum absolute atomic E-state index is 13.3. The van der Waals surface area contributed by atoms with E-state index in [9.17, 15) is 19.8 Å². The number of carbonyl (C=O) groups is 2. The second-order valence-electron chi connectivity index (χ2n) is 20.8. The van der Waals surface area contributed by atoms with Crippen LogP contribution in [0.2, 0.25) is 0 Å². The highest BCUT2D eigenvalue weighted by Crippen LogP contribution is 2.19. The molecule has 6 nitrogen and oxygen atoms in total. The molecule has 1 amide bonds. The number of hydrogen-bond acceptors (Lipinski definition) is 5. The number of aliphatic hydroxyl groups is 2. The van der Waals surface area contributed by atoms with Gasteiger partial charge in [-0.1, -0.05) is 283 Å². The Balaban J connectivity index is 4.45. The molecule has 0 aliphatic heterocycles. The summed E-state index contributed by atoms with van der Waals surface area (Å²) in [6, 6.07) is -0.696. The van der Waals surface area contributed by atoms with Crippen molar-refractivity contribution in [3.05, 3.63) is 12.2 Å². The minimum absolute atomic E-state index is 0.0850. The average molecular weight is 933 g/mol. The first-order valence-electron chi connectivity index (χ1n) is 29.9. The van der Waals surface area contributed by atoms with Gasteiger partial charge in [-0.3, -0.25) is 9.59 Å². The molecule has 0 bridgehead atoms. The number of unbranched alkanes of at least 4 members (excludes halogenated alkanes) is 41. The van der Waals surface area contributed by atoms with Crippen molar-refractivity contribution in [1.29, 1.82) is 0 Å². The fourth-order valence-electron chi connectivity index (χ4n) is 9.55. The van der Waals surface area contributed by atoms with Crippen LogP contribution in [-0.4, -0.2) is 46.9 Å². The standard InChI is InChI=1S/C60H117NO5/c1-4-7-10-13-16-19-22-25-27-28-29-30-32-35-38-41-44-47-50-53-60(65)66-56(51-48-45-42-39-36-33-24-21-18-15-12-9-6-3)54-59(64)61-57(55-62)58(63)52-49-46-43-40-37-34-31-26-23-20-17-14-11-8-5-2/h25,27,56-58,62-63H,4-24,26,28-55H2,1-3H3,(H,61,64)/b27-25+. The molecule has 0 aromatic heterocycles. The van der Waals surface area contributed by atoms with Gasteiger partial charge in [0.25, 0.3) is 0 Å². The number of allylic oxidation sites excluding steroid dienone is 2. The third-order valence-electron chi connectivity index (χ3n) is 14.1. The van der Waals surface area contributed by atoms with E-state index in [0.29, 0.717) is 19.3 Å². The highest BCUT2D eigenvalue weighted by molar-refractivity contribution is 5.77. The average Bonchev–Trinajstić information content (AvgIpc) is 3.31. The summed E-state index contributed by atoms with van der Waals surface area (Å²) in [5.74, 6) is -0.451. The van der Waals surface area contributed by atoms with Crippen LogP contribution in [0.5, 0.6) is 0 Å². The molecular weight excluding hydrogens is 815 g/mol. The molecule has 0 heterocycles. The largest absolute Gasteiger partial charge is 0.462 e. The van der Waals surface area contributed by atoms with E-state index in [1.807, 2.05) is 0 Å². The van der Waals surface area contributed by atoms with Gasteiger partial charge in [0.2, 0.25) is 5.91 Å². The summed E-state index contributed by atoms with van der Waals surface area (Å²) >= 11 is 0. The van der Waals surface area contributed by atoms with Gasteiger partial charge < -0.3 is 20.3 Å². The molecule has 66 heavy (non-hydrogen) atoms. The molecule has 0 spiro atoms. The molecule has 0 aliphatic rings. The number of amides is 1. The van der Waals surface area contributed by atoms with Crippen molar-refractivity contribution in [3.63, 3.8) is 0 Å². The predicted octanol–water partition coefficient (Wildman–Crippen LogP) is 18.5. The van der Waals surface area contributed by atoms with Gasteiger partial charge in [0, 0.05) is 6.42 Å². The third kappa shape index (κ3) is 49.0. The zero-order valence-corrected chi connectivity index (χ0v) is 44.9. The SMILES string of the molecule is CCCCCCCC/C=C/CCCCCCCCCCCC(=O)OC(CCCCCCCCCCCCCCC)CC(=O)NC(CO)C(O)CCCCCCCCCCCCCCCCC. The predicted molar refractivity (Wildman–Crippen MR) is 287 cm³/mol. The number of hydrogen-bond donors (Lipinski definition) is 3. The maximum Gasteiger partial charge on any atom is 0.306 e. The molecule has 0 rings (SSSR count). The van der Waals surface area contributed by atoms with Crippen LogP contribution < -0.4 is 5.32 Å². The van der Waals surface area contributed by atoms with E-state index < -0.39 is 18.2 Å². The number of ether oxygens (including phenoxy) is 1. The molecule has 3 N–H and O–H groups in total. The molecule has 0 aromatic rings. The Hall–Kier alpha value is -1.40. The first kappa shape index (κ1) is 64.6. The van der Waals surface area contributed by atoms with E-state index in [2.05, 4.69) is 38.2 Å². The maximum atomic E-state index is 13.3. The minimum Gasteiger partial charge on any atom is -0.462 e. The molecule has 0 saturated carbocycles. The minimum atomic E-state index is -0.783. The fourth-order valence-corrected chi connectivity index (χ4v) is 9.55. The van der Waals surface area contributed by atoms with Crippen LogP contribution in [0.15, 0.2) is 12.2 Å². The fraction of sp³-hybridized carbons (Fsp3) is 0.933. The first-order valence-corrected chi connectivity index (χ1v) is 29.9. The number of nitrogens with one attached hydrogen (secondary N) is 1. The highest BCUT2D eigenvalue weighted by atomic mass is 16.5. The van der Waals surface area contributed by atoms with Crippen LogP contribution in [0.4, 0.5) is 0 Å². The monoisotopic (exact) mass is 932 g/mol. The van der Waals surface area contributed by atoms with E-state index in [4.69, 9.17) is 4.74 Å². The summed E-state index contributed by atoms with van der Waals surface area (Å²) in [6.07, 6.45) is 62.8. The van der Waals surface area contributed by atoms with Gasteiger partial charge >= 0.3 is 5.97 Å². The molecule has 3 unspecified atom stereocenters. The van der Waals surface area contributed by atoms with Gasteiger partial charge in [0.05, 0.1) is 25.2 Å². The zero-order valence-electron chi connectivity index (χ0n) is 44.9. The van der Waals surface area contributed by atoms with Crippen LogP contribution >= 0.6 is 0 Å². The van der Waals surface area contributed by atoms with Crippen molar-refractivity contribution in [3.8, 4) is 0 Å². The van der Waals surface area contributed by atoms with Gasteiger partial charge in [-0.05, 0) is 51.4 Å². The lowest BCUT2D eigenvalue weighted by Gasteiger charge is -2.24. The summed E-state index contributed by atoms with van der Waals surface area (Å²) < 4.78 is 5.97. The van der Waals surface area contributed by atoms with E-state index in [-0.39, 0.29) is 24.9 Å². The van der Waals surface area contributed by atoms with Crippen LogP contribution in [0.1, 0.15) is 335 Å². The quantitative estimate of drug-likeness (QED) is 0.0321. The van der Waals surface area contributed by atoms with Crippen molar-refractivity contribution in [1.82, 2.24) is 5.32 Å². The van der Waals surface area contributed by atoms with Crippen molar-refractivity contribution in [2.24, 2.45) is 0 Å². The number of carbonyl (C=O) groups excluding carboxylic acids is 2. The van der Waals surface area contributed by atoms with Crippen molar-refractivity contribution < 1.29 is 24.5 Å². The Morgan fingerprint density at radius 2 is 0.727 bits per heavy atom. The number of aliphatic hydroxyl groups excluding tert-OH is 2. The normalized spacial score (nSPS) is 13.1. The zero-order chi connectivity index (χ0) is 48.1. The Labute approximate surface area is 412 Å². The van der Waals surface area contributed by atoms with E-state index >= 15 is 0 Å². The smallest absolute Gasteiger partial charge is 0.306 e. The topological polar surface area (TPSA) is 95.9 Å². The Bertz CT molecular complexity index is 1000. The van der Waals surface area contributed by atoms with Crippen molar-refractivity contribution in [2.45, 2.75) is 354 Å². The summed E-state index contributed by atoms with van der Waals surface area (Å²) in [4.78, 5) is 26.3. The summed E-state index contributed by atoms with van der Waals surface area (Å²) in [6.45, 7) is 6.53. The van der Waals surface area contributed by atoms with E-state index in [1.54, 1.807) is 0 Å². The Morgan fingerprint density at radius 3 is 1.08 bits per heavy atom. The highest BCUT2D eigenvalue weighted by Gasteiger charge is 2.24.